The predicted molar refractivity (Wildman–Crippen MR) is 66.1 cm³/mol. The lowest BCUT2D eigenvalue weighted by molar-refractivity contribution is 0.0681. The van der Waals surface area contributed by atoms with E-state index in [0.717, 1.165) is 24.4 Å². The van der Waals surface area contributed by atoms with E-state index >= 15 is 0 Å². The van der Waals surface area contributed by atoms with Crippen LogP contribution in [0.3, 0.4) is 0 Å². The van der Waals surface area contributed by atoms with Crippen LogP contribution in [0.2, 0.25) is 0 Å². The van der Waals surface area contributed by atoms with E-state index in [2.05, 4.69) is 21.2 Å². The van der Waals surface area contributed by atoms with Crippen molar-refractivity contribution in [2.45, 2.75) is 50.8 Å². The highest BCUT2D eigenvalue weighted by Gasteiger charge is 2.41. The summed E-state index contributed by atoms with van der Waals surface area (Å²) in [4.78, 5) is 2.46. The van der Waals surface area contributed by atoms with Crippen LogP contribution in [0.1, 0.15) is 31.4 Å². The number of hydrogen-bond acceptors (Lipinski definition) is 4. The van der Waals surface area contributed by atoms with Crippen molar-refractivity contribution in [3.63, 3.8) is 0 Å². The van der Waals surface area contributed by atoms with Gasteiger partial charge in [-0.25, -0.2) is 0 Å². The van der Waals surface area contributed by atoms with Crippen LogP contribution in [0.4, 0.5) is 5.82 Å². The number of aromatic nitrogens is 2. The van der Waals surface area contributed by atoms with Crippen LogP contribution in [0.15, 0.2) is 12.1 Å². The van der Waals surface area contributed by atoms with Gasteiger partial charge < -0.3 is 9.64 Å². The lowest BCUT2D eigenvalue weighted by Gasteiger charge is -2.38. The molecule has 1 aromatic heterocycles. The summed E-state index contributed by atoms with van der Waals surface area (Å²) in [5.41, 5.74) is 0.980. The standard InChI is InChI=1S/C13H19N3O/c1-9-3-6-13(15-14-9)16-10-4-5-11(16)8-12(7-10)17-2/h3,6,10-12H,4-5,7-8H2,1-2H3. The highest BCUT2D eigenvalue weighted by Crippen LogP contribution is 2.39. The fourth-order valence-corrected chi connectivity index (χ4v) is 3.22. The highest BCUT2D eigenvalue weighted by atomic mass is 16.5. The third-order valence-electron chi connectivity index (χ3n) is 4.07. The molecule has 0 radical (unpaired) electrons. The summed E-state index contributed by atoms with van der Waals surface area (Å²) in [6.45, 7) is 1.97. The van der Waals surface area contributed by atoms with Gasteiger partial charge in [0.1, 0.15) is 0 Å². The Morgan fingerprint density at radius 3 is 2.41 bits per heavy atom. The topological polar surface area (TPSA) is 38.2 Å². The number of nitrogens with zero attached hydrogens (tertiary/aromatic N) is 3. The largest absolute Gasteiger partial charge is 0.381 e. The molecule has 3 heterocycles. The van der Waals surface area contributed by atoms with Crippen molar-refractivity contribution in [3.05, 3.63) is 17.8 Å². The van der Waals surface area contributed by atoms with Gasteiger partial charge >= 0.3 is 0 Å². The average Bonchev–Trinajstić information content (AvgIpc) is 2.61. The quantitative estimate of drug-likeness (QED) is 0.782. The summed E-state index contributed by atoms with van der Waals surface area (Å²) in [5.74, 6) is 1.04. The first-order valence-corrected chi connectivity index (χ1v) is 6.39. The molecule has 2 fully saturated rings. The van der Waals surface area contributed by atoms with Gasteiger partial charge in [0.15, 0.2) is 5.82 Å². The number of methoxy groups -OCH3 is 1. The molecule has 2 aliphatic heterocycles. The van der Waals surface area contributed by atoms with Crippen molar-refractivity contribution in [1.29, 1.82) is 0 Å². The molecule has 0 aromatic carbocycles. The lowest BCUT2D eigenvalue weighted by atomic mass is 10.00. The van der Waals surface area contributed by atoms with E-state index in [0.29, 0.717) is 18.2 Å². The second-order valence-electron chi connectivity index (χ2n) is 5.15. The van der Waals surface area contributed by atoms with E-state index in [9.17, 15) is 0 Å². The summed E-state index contributed by atoms with van der Waals surface area (Å²) in [5, 5.41) is 8.50. The molecular formula is C13H19N3O. The minimum atomic E-state index is 0.433. The molecular weight excluding hydrogens is 214 g/mol. The molecule has 0 aliphatic carbocycles. The van der Waals surface area contributed by atoms with Gasteiger partial charge in [-0.3, -0.25) is 0 Å². The zero-order chi connectivity index (χ0) is 11.8. The van der Waals surface area contributed by atoms with Crippen LogP contribution >= 0.6 is 0 Å². The van der Waals surface area contributed by atoms with Crippen molar-refractivity contribution in [1.82, 2.24) is 10.2 Å². The van der Waals surface area contributed by atoms with E-state index in [4.69, 9.17) is 4.74 Å². The number of fused-ring (bicyclic) bond motifs is 2. The van der Waals surface area contributed by atoms with E-state index in [1.807, 2.05) is 20.1 Å². The summed E-state index contributed by atoms with van der Waals surface area (Å²) in [6.07, 6.45) is 5.22. The normalized spacial score (nSPS) is 31.9. The maximum absolute atomic E-state index is 5.51. The zero-order valence-corrected chi connectivity index (χ0v) is 10.5. The molecule has 0 N–H and O–H groups in total. The second-order valence-corrected chi connectivity index (χ2v) is 5.15. The van der Waals surface area contributed by atoms with E-state index in [1.54, 1.807) is 0 Å². The molecule has 2 unspecified atom stereocenters. The SMILES string of the molecule is COC1CC2CCC(C1)N2c1ccc(C)nn1. The first-order valence-electron chi connectivity index (χ1n) is 6.39. The fourth-order valence-electron chi connectivity index (χ4n) is 3.22. The molecule has 0 saturated carbocycles. The Kier molecular flexibility index (Phi) is 2.74. The summed E-state index contributed by atoms with van der Waals surface area (Å²) < 4.78 is 5.51. The number of hydrogen-bond donors (Lipinski definition) is 0. The van der Waals surface area contributed by atoms with Gasteiger partial charge in [0, 0.05) is 19.2 Å². The number of piperidine rings is 1. The Morgan fingerprint density at radius 2 is 1.88 bits per heavy atom. The van der Waals surface area contributed by atoms with Gasteiger partial charge in [0.05, 0.1) is 11.8 Å². The highest BCUT2D eigenvalue weighted by molar-refractivity contribution is 5.43. The van der Waals surface area contributed by atoms with Crippen LogP contribution < -0.4 is 4.90 Å². The number of ether oxygens (including phenoxy) is 1. The van der Waals surface area contributed by atoms with Crippen molar-refractivity contribution < 1.29 is 4.74 Å². The fraction of sp³-hybridized carbons (Fsp3) is 0.692. The van der Waals surface area contributed by atoms with Gasteiger partial charge in [0.2, 0.25) is 0 Å². The second kappa shape index (κ2) is 4.26. The van der Waals surface area contributed by atoms with Gasteiger partial charge in [-0.1, -0.05) is 0 Å². The zero-order valence-electron chi connectivity index (χ0n) is 10.5. The Morgan fingerprint density at radius 1 is 1.18 bits per heavy atom. The minimum Gasteiger partial charge on any atom is -0.381 e. The summed E-state index contributed by atoms with van der Waals surface area (Å²) in [7, 11) is 1.82. The van der Waals surface area contributed by atoms with Gasteiger partial charge in [-0.05, 0) is 44.7 Å². The van der Waals surface area contributed by atoms with Crippen LogP contribution in [-0.4, -0.2) is 35.5 Å². The van der Waals surface area contributed by atoms with Gasteiger partial charge in [-0.2, -0.15) is 5.10 Å². The van der Waals surface area contributed by atoms with E-state index in [1.165, 1.54) is 12.8 Å². The molecule has 2 atom stereocenters. The van der Waals surface area contributed by atoms with Crippen molar-refractivity contribution in [3.8, 4) is 0 Å². The van der Waals surface area contributed by atoms with Gasteiger partial charge in [0.25, 0.3) is 0 Å². The van der Waals surface area contributed by atoms with Crippen LogP contribution in [0.5, 0.6) is 0 Å². The van der Waals surface area contributed by atoms with Crippen LogP contribution in [0, 0.1) is 6.92 Å². The molecule has 3 rings (SSSR count). The third kappa shape index (κ3) is 1.90. The Bertz CT molecular complexity index is 378. The first kappa shape index (κ1) is 11.0. The molecule has 4 nitrogen and oxygen atoms in total. The Hall–Kier alpha value is -1.16. The van der Waals surface area contributed by atoms with Crippen molar-refractivity contribution in [2.75, 3.05) is 12.0 Å². The molecule has 2 bridgehead atoms. The Labute approximate surface area is 102 Å². The number of rotatable bonds is 2. The van der Waals surface area contributed by atoms with E-state index in [-0.39, 0.29) is 0 Å². The molecule has 4 heteroatoms. The third-order valence-corrected chi connectivity index (χ3v) is 4.07. The maximum atomic E-state index is 5.51. The number of aryl methyl sites for hydroxylation is 1. The molecule has 2 saturated heterocycles. The van der Waals surface area contributed by atoms with E-state index < -0.39 is 0 Å². The van der Waals surface area contributed by atoms with Crippen molar-refractivity contribution in [2.24, 2.45) is 0 Å². The number of anilines is 1. The molecule has 1 aromatic rings. The molecule has 0 spiro atoms. The smallest absolute Gasteiger partial charge is 0.151 e. The predicted octanol–water partition coefficient (Wildman–Crippen LogP) is 1.93. The lowest BCUT2D eigenvalue weighted by Crippen LogP contribution is -2.45. The summed E-state index contributed by atoms with van der Waals surface area (Å²) >= 11 is 0. The molecule has 0 amide bonds. The molecule has 92 valence electrons. The van der Waals surface area contributed by atoms with Gasteiger partial charge in [-0.15, -0.1) is 5.10 Å². The maximum Gasteiger partial charge on any atom is 0.151 e. The van der Waals surface area contributed by atoms with Crippen LogP contribution in [-0.2, 0) is 4.74 Å². The Balaban J connectivity index is 1.83. The van der Waals surface area contributed by atoms with Crippen molar-refractivity contribution >= 4 is 5.82 Å². The molecule has 2 aliphatic rings. The van der Waals surface area contributed by atoms with Crippen LogP contribution in [0.25, 0.3) is 0 Å². The minimum absolute atomic E-state index is 0.433. The summed E-state index contributed by atoms with van der Waals surface area (Å²) in [6, 6.07) is 5.33. The first-order chi connectivity index (χ1) is 8.28. The monoisotopic (exact) mass is 233 g/mol. The molecule has 17 heavy (non-hydrogen) atoms. The average molecular weight is 233 g/mol.